The molecule has 2 aromatic rings. The number of nitrogens with zero attached hydrogens (tertiary/aromatic N) is 1. The van der Waals surface area contributed by atoms with E-state index in [9.17, 15) is 22.4 Å². The van der Waals surface area contributed by atoms with Crippen LogP contribution in [0.25, 0.3) is 5.57 Å². The quantitative estimate of drug-likeness (QED) is 0.224. The third-order valence-corrected chi connectivity index (χ3v) is 5.14. The molecule has 164 valence electrons. The van der Waals surface area contributed by atoms with Gasteiger partial charge in [-0.3, -0.25) is 4.79 Å². The standard InChI is InChI=1S/C23H22F4N2OS/c1-4-16(17-8-6-9-18(24)12-17)13-20(23(25,26)27)15(3)29-21(5-2)22(30)28-14-19-10-7-11-31-19/h4-13H,14H2,1-3H3,(H,28,30)/b16-4+,20-13+,21-5-,29-15+. The van der Waals surface area contributed by atoms with E-state index in [1.54, 1.807) is 6.92 Å². The Hall–Kier alpha value is -3.00. The van der Waals surface area contributed by atoms with Gasteiger partial charge in [0.1, 0.15) is 11.5 Å². The van der Waals surface area contributed by atoms with Crippen LogP contribution in [0.1, 0.15) is 31.2 Å². The average Bonchev–Trinajstić information content (AvgIpc) is 3.23. The van der Waals surface area contributed by atoms with Gasteiger partial charge in [-0.15, -0.1) is 11.3 Å². The first-order valence-electron chi connectivity index (χ1n) is 9.39. The maximum Gasteiger partial charge on any atom is 0.418 e. The first kappa shape index (κ1) is 24.3. The molecule has 0 aliphatic carbocycles. The molecule has 2 rings (SSSR count). The summed E-state index contributed by atoms with van der Waals surface area (Å²) in [6.45, 7) is 4.53. The van der Waals surface area contributed by atoms with Crippen molar-refractivity contribution < 1.29 is 22.4 Å². The van der Waals surface area contributed by atoms with Crippen LogP contribution in [0.4, 0.5) is 17.6 Å². The number of carbonyl (C=O) groups is 1. The Labute approximate surface area is 182 Å². The summed E-state index contributed by atoms with van der Waals surface area (Å²) >= 11 is 1.45. The van der Waals surface area contributed by atoms with Gasteiger partial charge < -0.3 is 5.32 Å². The molecule has 0 fully saturated rings. The summed E-state index contributed by atoms with van der Waals surface area (Å²) in [7, 11) is 0. The van der Waals surface area contributed by atoms with Crippen LogP contribution in [0.2, 0.25) is 0 Å². The number of hydrogen-bond acceptors (Lipinski definition) is 3. The van der Waals surface area contributed by atoms with E-state index >= 15 is 0 Å². The molecule has 1 aromatic heterocycles. The minimum absolute atomic E-state index is 0.128. The van der Waals surface area contributed by atoms with Crippen LogP contribution >= 0.6 is 11.3 Å². The molecular formula is C23H22F4N2OS. The van der Waals surface area contributed by atoms with Crippen molar-refractivity contribution in [2.75, 3.05) is 0 Å². The average molecular weight is 451 g/mol. The maximum absolute atomic E-state index is 13.8. The van der Waals surface area contributed by atoms with Crippen molar-refractivity contribution in [3.8, 4) is 0 Å². The van der Waals surface area contributed by atoms with E-state index in [2.05, 4.69) is 10.3 Å². The van der Waals surface area contributed by atoms with E-state index in [-0.39, 0.29) is 23.5 Å². The highest BCUT2D eigenvalue weighted by Gasteiger charge is 2.36. The third kappa shape index (κ3) is 7.03. The van der Waals surface area contributed by atoms with Crippen LogP contribution in [0.3, 0.4) is 0 Å². The van der Waals surface area contributed by atoms with Gasteiger partial charge in [0, 0.05) is 4.88 Å². The molecule has 1 N–H and O–H groups in total. The van der Waals surface area contributed by atoms with Crippen molar-refractivity contribution in [3.05, 3.63) is 87.5 Å². The molecule has 1 aromatic carbocycles. The number of nitrogens with one attached hydrogen (secondary N) is 1. The zero-order valence-corrected chi connectivity index (χ0v) is 18.1. The summed E-state index contributed by atoms with van der Waals surface area (Å²) in [5, 5.41) is 4.50. The van der Waals surface area contributed by atoms with Crippen molar-refractivity contribution in [1.29, 1.82) is 0 Å². The lowest BCUT2D eigenvalue weighted by molar-refractivity contribution is -0.117. The van der Waals surface area contributed by atoms with Gasteiger partial charge in [0.15, 0.2) is 0 Å². The Morgan fingerprint density at radius 2 is 1.90 bits per heavy atom. The number of aliphatic imine (C=N–C) groups is 1. The number of halogens is 4. The predicted molar refractivity (Wildman–Crippen MR) is 117 cm³/mol. The fraction of sp³-hybridized carbons (Fsp3) is 0.217. The second kappa shape index (κ2) is 10.9. The molecule has 1 heterocycles. The zero-order chi connectivity index (χ0) is 23.0. The van der Waals surface area contributed by atoms with Gasteiger partial charge in [0.05, 0.1) is 17.8 Å². The number of hydrogen-bond donors (Lipinski definition) is 1. The van der Waals surface area contributed by atoms with Crippen LogP contribution in [0.15, 0.2) is 76.3 Å². The Bertz CT molecular complexity index is 1030. The third-order valence-electron chi connectivity index (χ3n) is 4.26. The summed E-state index contributed by atoms with van der Waals surface area (Å²) in [5.41, 5.74) is -1.03. The fourth-order valence-corrected chi connectivity index (χ4v) is 3.35. The predicted octanol–water partition coefficient (Wildman–Crippen LogP) is 6.46. The largest absolute Gasteiger partial charge is 0.418 e. The first-order chi connectivity index (χ1) is 14.7. The van der Waals surface area contributed by atoms with Crippen LogP contribution < -0.4 is 5.32 Å². The van der Waals surface area contributed by atoms with E-state index in [1.807, 2.05) is 17.5 Å². The highest BCUT2D eigenvalue weighted by atomic mass is 32.1. The van der Waals surface area contributed by atoms with Gasteiger partial charge in [-0.05, 0) is 61.6 Å². The molecule has 0 atom stereocenters. The van der Waals surface area contributed by atoms with Crippen molar-refractivity contribution in [3.63, 3.8) is 0 Å². The molecular weight excluding hydrogens is 428 g/mol. The number of alkyl halides is 3. The highest BCUT2D eigenvalue weighted by Crippen LogP contribution is 2.31. The molecule has 0 saturated heterocycles. The Balaban J connectivity index is 2.34. The number of benzene rings is 1. The van der Waals surface area contributed by atoms with Gasteiger partial charge >= 0.3 is 6.18 Å². The van der Waals surface area contributed by atoms with Gasteiger partial charge in [-0.1, -0.05) is 30.4 Å². The molecule has 1 amide bonds. The minimum atomic E-state index is -4.72. The summed E-state index contributed by atoms with van der Waals surface area (Å²) in [6, 6.07) is 8.98. The van der Waals surface area contributed by atoms with Gasteiger partial charge in [0.25, 0.3) is 5.91 Å². The topological polar surface area (TPSA) is 41.5 Å². The number of amides is 1. The minimum Gasteiger partial charge on any atom is -0.346 e. The van der Waals surface area contributed by atoms with Crippen LogP contribution in [-0.2, 0) is 11.3 Å². The normalized spacial score (nSPS) is 14.0. The molecule has 0 bridgehead atoms. The van der Waals surface area contributed by atoms with E-state index in [1.165, 1.54) is 55.5 Å². The number of rotatable bonds is 7. The maximum atomic E-state index is 13.8. The van der Waals surface area contributed by atoms with Gasteiger partial charge in [-0.25, -0.2) is 9.38 Å². The van der Waals surface area contributed by atoms with E-state index < -0.39 is 23.5 Å². The molecule has 31 heavy (non-hydrogen) atoms. The molecule has 0 aliphatic heterocycles. The van der Waals surface area contributed by atoms with Crippen LogP contribution in [0, 0.1) is 5.82 Å². The van der Waals surface area contributed by atoms with Crippen molar-refractivity contribution in [2.45, 2.75) is 33.5 Å². The lowest BCUT2D eigenvalue weighted by Crippen LogP contribution is -2.25. The second-order valence-electron chi connectivity index (χ2n) is 6.44. The molecule has 0 radical (unpaired) electrons. The molecule has 8 heteroatoms. The molecule has 0 unspecified atom stereocenters. The van der Waals surface area contributed by atoms with Crippen LogP contribution in [-0.4, -0.2) is 17.8 Å². The van der Waals surface area contributed by atoms with Crippen molar-refractivity contribution in [1.82, 2.24) is 5.32 Å². The zero-order valence-electron chi connectivity index (χ0n) is 17.3. The number of allylic oxidation sites excluding steroid dienone is 5. The highest BCUT2D eigenvalue weighted by molar-refractivity contribution is 7.09. The van der Waals surface area contributed by atoms with E-state index in [0.29, 0.717) is 5.56 Å². The lowest BCUT2D eigenvalue weighted by Gasteiger charge is -2.14. The Kier molecular flexibility index (Phi) is 8.50. The smallest absolute Gasteiger partial charge is 0.346 e. The first-order valence-corrected chi connectivity index (χ1v) is 10.3. The molecule has 3 nitrogen and oxygen atoms in total. The van der Waals surface area contributed by atoms with Crippen LogP contribution in [0.5, 0.6) is 0 Å². The van der Waals surface area contributed by atoms with Crippen molar-refractivity contribution >= 4 is 28.5 Å². The fourth-order valence-electron chi connectivity index (χ4n) is 2.71. The number of carbonyl (C=O) groups excluding carboxylic acids is 1. The van der Waals surface area contributed by atoms with Crippen molar-refractivity contribution in [2.24, 2.45) is 4.99 Å². The Morgan fingerprint density at radius 1 is 1.16 bits per heavy atom. The van der Waals surface area contributed by atoms with E-state index in [4.69, 9.17) is 0 Å². The molecule has 0 aliphatic rings. The van der Waals surface area contributed by atoms with Gasteiger partial charge in [0.2, 0.25) is 0 Å². The molecule has 0 saturated carbocycles. The Morgan fingerprint density at radius 3 is 2.45 bits per heavy atom. The summed E-state index contributed by atoms with van der Waals surface area (Å²) in [5.74, 6) is -1.13. The van der Waals surface area contributed by atoms with Gasteiger partial charge in [-0.2, -0.15) is 13.2 Å². The summed E-state index contributed by atoms with van der Waals surface area (Å²) < 4.78 is 54.9. The monoisotopic (exact) mass is 450 g/mol. The molecule has 0 spiro atoms. The lowest BCUT2D eigenvalue weighted by atomic mass is 10.0. The summed E-state index contributed by atoms with van der Waals surface area (Å²) in [6.07, 6.45) is -1.01. The second-order valence-corrected chi connectivity index (χ2v) is 7.48. The number of thiophene rings is 1. The van der Waals surface area contributed by atoms with E-state index in [0.717, 1.165) is 17.0 Å². The summed E-state index contributed by atoms with van der Waals surface area (Å²) in [4.78, 5) is 17.2. The SMILES string of the molecule is C\C=C(/N=C(C)/C(=C\C(=C/C)c1cccc(F)c1)C(F)(F)F)C(=O)NCc1cccs1.